The number of carboxylic acids is 1. The third-order valence-corrected chi connectivity index (χ3v) is 4.59. The van der Waals surface area contributed by atoms with Crippen LogP contribution in [0.2, 0.25) is 0 Å². The van der Waals surface area contributed by atoms with Gasteiger partial charge in [0, 0.05) is 18.6 Å². The normalized spacial score (nSPS) is 12.3. The number of carboxylic acid groups (broad SMARTS) is 1. The first kappa shape index (κ1) is 25.7. The average Bonchev–Trinajstić information content (AvgIpc) is 2.81. The number of hydrogen-bond acceptors (Lipinski definition) is 7. The summed E-state index contributed by atoms with van der Waals surface area (Å²) in [7, 11) is 0. The van der Waals surface area contributed by atoms with Crippen LogP contribution >= 0.6 is 0 Å². The van der Waals surface area contributed by atoms with Gasteiger partial charge in [-0.1, -0.05) is 54.3 Å². The van der Waals surface area contributed by atoms with Gasteiger partial charge in [0.05, 0.1) is 23.5 Å². The van der Waals surface area contributed by atoms with Crippen molar-refractivity contribution in [3.63, 3.8) is 0 Å². The third kappa shape index (κ3) is 6.95. The fourth-order valence-electron chi connectivity index (χ4n) is 2.97. The number of hydrogen-bond donors (Lipinski definition) is 1. The van der Waals surface area contributed by atoms with Crippen molar-refractivity contribution < 1.29 is 37.2 Å². The van der Waals surface area contributed by atoms with Gasteiger partial charge in [0.1, 0.15) is 6.04 Å². The molecule has 2 atom stereocenters. The summed E-state index contributed by atoms with van der Waals surface area (Å²) in [5.41, 5.74) is 2.13. The molecule has 1 N–H and O–H groups in total. The van der Waals surface area contributed by atoms with E-state index in [-0.39, 0.29) is 22.8 Å². The van der Waals surface area contributed by atoms with Gasteiger partial charge in [0.2, 0.25) is 0 Å². The van der Waals surface area contributed by atoms with Gasteiger partial charge in [0.25, 0.3) is 0 Å². The van der Waals surface area contributed by atoms with Crippen LogP contribution < -0.4 is 10.2 Å². The summed E-state index contributed by atoms with van der Waals surface area (Å²) in [6.45, 7) is 1.30. The molecule has 171 valence electrons. The second kappa shape index (κ2) is 12.5. The molecule has 0 spiro atoms. The first-order valence-electron chi connectivity index (χ1n) is 9.90. The molecule has 2 aromatic heterocycles. The minimum atomic E-state index is -1.48. The predicted octanol–water partition coefficient (Wildman–Crippen LogP) is 1.97. The van der Waals surface area contributed by atoms with Gasteiger partial charge in [-0.3, -0.25) is 15.0 Å². The Kier molecular flexibility index (Phi) is 9.69. The molecule has 2 aromatic carbocycles. The van der Waals surface area contributed by atoms with Crippen molar-refractivity contribution in [3.05, 3.63) is 90.8 Å². The number of rotatable bonds is 5. The van der Waals surface area contributed by atoms with Gasteiger partial charge >= 0.3 is 17.1 Å². The number of aromatic nitrogens is 2. The standard InChI is InChI=1S/C15H15NO4.C10H8N2.Cu/c1-9(17)14(15(19)20)16-8-12-11-5-3-2-4-10(11)6-7-13(12)18;1-3-7-11-9(5-1)10-6-2-4-8-12-10;/h2-9,14,17-18H,1H3,(H,19,20);1-8H;/q;;+2/p-2/t9-,14+;;/m1../s1. The van der Waals surface area contributed by atoms with Crippen LogP contribution in [-0.4, -0.2) is 39.4 Å². The first-order valence-corrected chi connectivity index (χ1v) is 9.90. The maximum Gasteiger partial charge on any atom is 2.00 e. The molecule has 2 heterocycles. The molecule has 0 unspecified atom stereocenters. The molecular formula is C25H21CuN3O4. The van der Waals surface area contributed by atoms with Crippen molar-refractivity contribution in [1.29, 1.82) is 0 Å². The molecule has 7 nitrogen and oxygen atoms in total. The molecule has 1 radical (unpaired) electrons. The van der Waals surface area contributed by atoms with Gasteiger partial charge in [-0.2, -0.15) is 0 Å². The Bertz CT molecular complexity index is 1160. The maximum atomic E-state index is 11.9. The molecule has 0 saturated carbocycles. The van der Waals surface area contributed by atoms with E-state index in [9.17, 15) is 20.1 Å². The second-order valence-corrected chi connectivity index (χ2v) is 6.91. The number of benzene rings is 2. The summed E-state index contributed by atoms with van der Waals surface area (Å²) in [5.74, 6) is -1.74. The molecular weight excluding hydrogens is 470 g/mol. The van der Waals surface area contributed by atoms with E-state index in [0.29, 0.717) is 10.9 Å². The smallest absolute Gasteiger partial charge is 0.872 e. The van der Waals surface area contributed by atoms with E-state index >= 15 is 0 Å². The molecule has 33 heavy (non-hydrogen) atoms. The third-order valence-electron chi connectivity index (χ3n) is 4.59. The van der Waals surface area contributed by atoms with Crippen LogP contribution in [0.3, 0.4) is 0 Å². The molecule has 0 amide bonds. The van der Waals surface area contributed by atoms with Crippen molar-refractivity contribution in [2.24, 2.45) is 4.99 Å². The molecule has 0 aliphatic rings. The van der Waals surface area contributed by atoms with Crippen LogP contribution in [0.4, 0.5) is 0 Å². The number of aliphatic imine (C=N–C) groups is 1. The summed E-state index contributed by atoms with van der Waals surface area (Å²) in [4.78, 5) is 23.0. The fraction of sp³-hybridized carbons (Fsp3) is 0.120. The number of nitrogens with zero attached hydrogens (tertiary/aromatic N) is 3. The Morgan fingerprint density at radius 2 is 1.52 bits per heavy atom. The number of carbonyl (C=O) groups excluding carboxylic acids is 1. The number of aliphatic hydroxyl groups excluding tert-OH is 1. The van der Waals surface area contributed by atoms with Gasteiger partial charge in [-0.25, -0.2) is 0 Å². The number of aliphatic carboxylic acids is 1. The average molecular weight is 491 g/mol. The van der Waals surface area contributed by atoms with E-state index in [1.165, 1.54) is 19.2 Å². The van der Waals surface area contributed by atoms with Crippen LogP contribution in [0.25, 0.3) is 22.2 Å². The monoisotopic (exact) mass is 490 g/mol. The summed E-state index contributed by atoms with van der Waals surface area (Å²) >= 11 is 0. The Balaban J connectivity index is 0.000000253. The molecule has 4 rings (SSSR count). The summed E-state index contributed by atoms with van der Waals surface area (Å²) in [5, 5.41) is 33.6. The van der Waals surface area contributed by atoms with Crippen LogP contribution in [0.15, 0.2) is 90.2 Å². The largest absolute Gasteiger partial charge is 2.00 e. The molecule has 4 aromatic rings. The quantitative estimate of drug-likeness (QED) is 0.337. The molecule has 0 saturated heterocycles. The zero-order chi connectivity index (χ0) is 22.9. The summed E-state index contributed by atoms with van der Waals surface area (Å²) in [6.07, 6.45) is 3.53. The van der Waals surface area contributed by atoms with E-state index in [4.69, 9.17) is 0 Å². The Labute approximate surface area is 202 Å². The Morgan fingerprint density at radius 3 is 2.03 bits per heavy atom. The topological polar surface area (TPSA) is 122 Å². The van der Waals surface area contributed by atoms with Crippen LogP contribution in [-0.2, 0) is 21.9 Å². The van der Waals surface area contributed by atoms with Crippen molar-refractivity contribution >= 4 is 23.0 Å². The van der Waals surface area contributed by atoms with Gasteiger partial charge in [-0.15, -0.1) is 0 Å². The second-order valence-electron chi connectivity index (χ2n) is 6.91. The van der Waals surface area contributed by atoms with Gasteiger partial charge in [-0.05, 0) is 47.5 Å². The van der Waals surface area contributed by atoms with E-state index < -0.39 is 18.1 Å². The number of carbonyl (C=O) groups is 1. The number of pyridine rings is 2. The predicted molar refractivity (Wildman–Crippen MR) is 119 cm³/mol. The van der Waals surface area contributed by atoms with Crippen LogP contribution in [0.5, 0.6) is 5.75 Å². The van der Waals surface area contributed by atoms with Crippen molar-refractivity contribution in [3.8, 4) is 17.1 Å². The zero-order valence-electron chi connectivity index (χ0n) is 17.6. The molecule has 0 fully saturated rings. The summed E-state index contributed by atoms with van der Waals surface area (Å²) < 4.78 is 0. The zero-order valence-corrected chi connectivity index (χ0v) is 18.6. The molecule has 8 heteroatoms. The van der Waals surface area contributed by atoms with E-state index in [1.807, 2.05) is 48.5 Å². The van der Waals surface area contributed by atoms with E-state index in [2.05, 4.69) is 15.0 Å². The number of fused-ring (bicyclic) bond motifs is 1. The fourth-order valence-corrected chi connectivity index (χ4v) is 2.97. The molecule has 0 bridgehead atoms. The minimum Gasteiger partial charge on any atom is -0.872 e. The van der Waals surface area contributed by atoms with Crippen LogP contribution in [0.1, 0.15) is 12.5 Å². The maximum absolute atomic E-state index is 11.9. The van der Waals surface area contributed by atoms with Gasteiger partial charge in [0.15, 0.2) is 0 Å². The van der Waals surface area contributed by atoms with E-state index in [1.54, 1.807) is 30.6 Å². The molecule has 0 aliphatic heterocycles. The first-order chi connectivity index (χ1) is 15.5. The van der Waals surface area contributed by atoms with Crippen molar-refractivity contribution in [2.45, 2.75) is 19.1 Å². The van der Waals surface area contributed by atoms with Crippen molar-refractivity contribution in [1.82, 2.24) is 9.97 Å². The number of aliphatic hydroxyl groups is 1. The van der Waals surface area contributed by atoms with Gasteiger partial charge < -0.3 is 20.1 Å². The van der Waals surface area contributed by atoms with E-state index in [0.717, 1.165) is 16.8 Å². The SMILES string of the molecule is C[C@@H](O)[C@H](N=Cc1c([O-])ccc2ccccc12)C(=O)[O-].[Cu+2].c1ccc(-c2ccccn2)nc1. The Hall–Kier alpha value is -3.58. The summed E-state index contributed by atoms with van der Waals surface area (Å²) in [6, 6.07) is 20.5. The Morgan fingerprint density at radius 1 is 0.939 bits per heavy atom. The van der Waals surface area contributed by atoms with Crippen molar-refractivity contribution in [2.75, 3.05) is 0 Å². The molecule has 0 aliphatic carbocycles. The van der Waals surface area contributed by atoms with Crippen LogP contribution in [0, 0.1) is 0 Å². The minimum absolute atomic E-state index is 0.